The number of quaternary nitrogens is 1. The van der Waals surface area contributed by atoms with E-state index in [-0.39, 0.29) is 0 Å². The molecular formula is C9H17N4O+. The Morgan fingerprint density at radius 1 is 1.00 bits per heavy atom. The van der Waals surface area contributed by atoms with Crippen molar-refractivity contribution in [3.8, 4) is 0 Å². The van der Waals surface area contributed by atoms with Crippen LogP contribution in [0, 0.1) is 0 Å². The lowest BCUT2D eigenvalue weighted by Gasteiger charge is -2.60. The normalized spacial score (nSPS) is 59.1. The van der Waals surface area contributed by atoms with Gasteiger partial charge >= 0.3 is 0 Å². The lowest BCUT2D eigenvalue weighted by atomic mass is 10.2. The molecule has 1 atom stereocenters. The van der Waals surface area contributed by atoms with Gasteiger partial charge in [0.25, 0.3) is 0 Å². The lowest BCUT2D eigenvalue weighted by molar-refractivity contribution is -0.980. The average molecular weight is 197 g/mol. The van der Waals surface area contributed by atoms with Crippen molar-refractivity contribution >= 4 is 0 Å². The van der Waals surface area contributed by atoms with Crippen molar-refractivity contribution in [2.75, 3.05) is 53.2 Å². The number of ether oxygens (including phenoxy) is 1. The lowest BCUT2D eigenvalue weighted by Crippen LogP contribution is -2.79. The molecule has 0 aromatic rings. The van der Waals surface area contributed by atoms with Crippen LogP contribution in [0.25, 0.3) is 0 Å². The highest BCUT2D eigenvalue weighted by Gasteiger charge is 2.50. The summed E-state index contributed by atoms with van der Waals surface area (Å²) >= 11 is 0. The molecule has 5 saturated heterocycles. The van der Waals surface area contributed by atoms with E-state index in [1.165, 1.54) is 51.0 Å². The SMILES string of the molecule is C1O[C@@H]1C[N+]12CN3CN(CN(C3)C1)C2. The van der Waals surface area contributed by atoms with Crippen LogP contribution >= 0.6 is 0 Å². The highest BCUT2D eigenvalue weighted by atomic mass is 16.6. The van der Waals surface area contributed by atoms with Crippen molar-refractivity contribution < 1.29 is 9.22 Å². The molecule has 5 heterocycles. The fourth-order valence-corrected chi connectivity index (χ4v) is 3.44. The third-order valence-corrected chi connectivity index (χ3v) is 3.69. The van der Waals surface area contributed by atoms with E-state index in [0.717, 1.165) is 6.61 Å². The summed E-state index contributed by atoms with van der Waals surface area (Å²) in [7, 11) is 0. The minimum absolute atomic E-state index is 0.565. The van der Waals surface area contributed by atoms with E-state index in [1.54, 1.807) is 0 Å². The van der Waals surface area contributed by atoms with Gasteiger partial charge in [-0.25, -0.2) is 14.7 Å². The van der Waals surface area contributed by atoms with Gasteiger partial charge in [-0.3, -0.25) is 4.48 Å². The van der Waals surface area contributed by atoms with Crippen LogP contribution in [0.5, 0.6) is 0 Å². The number of hydrogen-bond donors (Lipinski definition) is 0. The molecule has 0 N–H and O–H groups in total. The molecule has 5 nitrogen and oxygen atoms in total. The molecule has 5 aliphatic heterocycles. The summed E-state index contributed by atoms with van der Waals surface area (Å²) < 4.78 is 6.60. The Kier molecular flexibility index (Phi) is 1.42. The van der Waals surface area contributed by atoms with Gasteiger partial charge in [0.15, 0.2) is 0 Å². The topological polar surface area (TPSA) is 22.2 Å². The number of hydrogen-bond acceptors (Lipinski definition) is 4. The van der Waals surface area contributed by atoms with Gasteiger partial charge in [0.05, 0.1) is 26.6 Å². The van der Waals surface area contributed by atoms with Gasteiger partial charge in [0, 0.05) is 0 Å². The van der Waals surface area contributed by atoms with Gasteiger partial charge < -0.3 is 4.74 Å². The number of nitrogens with zero attached hydrogens (tertiary/aromatic N) is 4. The van der Waals surface area contributed by atoms with E-state index in [2.05, 4.69) is 14.7 Å². The molecular weight excluding hydrogens is 180 g/mol. The van der Waals surface area contributed by atoms with Gasteiger partial charge in [-0.1, -0.05) is 0 Å². The van der Waals surface area contributed by atoms with Crippen LogP contribution in [0.1, 0.15) is 0 Å². The Morgan fingerprint density at radius 2 is 1.50 bits per heavy atom. The van der Waals surface area contributed by atoms with Gasteiger partial charge in [-0.2, -0.15) is 0 Å². The molecule has 4 bridgehead atoms. The summed E-state index contributed by atoms with van der Waals surface area (Å²) in [6.07, 6.45) is 0.565. The number of rotatable bonds is 2. The smallest absolute Gasteiger partial charge is 0.139 e. The van der Waals surface area contributed by atoms with Crippen LogP contribution < -0.4 is 0 Å². The predicted molar refractivity (Wildman–Crippen MR) is 49.6 cm³/mol. The quantitative estimate of drug-likeness (QED) is 0.413. The van der Waals surface area contributed by atoms with E-state index >= 15 is 0 Å². The maximum atomic E-state index is 5.38. The largest absolute Gasteiger partial charge is 0.367 e. The molecule has 78 valence electrons. The van der Waals surface area contributed by atoms with Gasteiger partial charge in [0.1, 0.15) is 32.7 Å². The first kappa shape index (κ1) is 8.01. The van der Waals surface area contributed by atoms with Gasteiger partial charge in [-0.15, -0.1) is 0 Å². The van der Waals surface area contributed by atoms with Crippen molar-refractivity contribution in [2.24, 2.45) is 0 Å². The second-order valence-corrected chi connectivity index (χ2v) is 5.34. The van der Waals surface area contributed by atoms with Crippen molar-refractivity contribution in [1.29, 1.82) is 0 Å². The van der Waals surface area contributed by atoms with E-state index in [9.17, 15) is 0 Å². The molecule has 5 rings (SSSR count). The molecule has 5 fully saturated rings. The highest BCUT2D eigenvalue weighted by molar-refractivity contribution is 4.77. The molecule has 0 amide bonds. The fourth-order valence-electron chi connectivity index (χ4n) is 3.44. The molecule has 14 heavy (non-hydrogen) atoms. The Balaban J connectivity index is 1.60. The summed E-state index contributed by atoms with van der Waals surface area (Å²) in [5.74, 6) is 0. The second-order valence-electron chi connectivity index (χ2n) is 5.34. The van der Waals surface area contributed by atoms with Crippen LogP contribution in [0.2, 0.25) is 0 Å². The standard InChI is InChI=1S/C9H17N4O/c1(9-2-14-9)13-6-10-3-11(7-13)5-12(4-10)8-13/h9H,1-8H2/q+1/t9-/m1/s1. The minimum atomic E-state index is 0.565. The van der Waals surface area contributed by atoms with Gasteiger partial charge in [0.2, 0.25) is 0 Å². The van der Waals surface area contributed by atoms with E-state index in [0.29, 0.717) is 6.10 Å². The van der Waals surface area contributed by atoms with Crippen LogP contribution in [0.3, 0.4) is 0 Å². The van der Waals surface area contributed by atoms with Crippen LogP contribution in [0.15, 0.2) is 0 Å². The average Bonchev–Trinajstić information content (AvgIpc) is 2.84. The van der Waals surface area contributed by atoms with Crippen molar-refractivity contribution in [3.05, 3.63) is 0 Å². The molecule has 0 aliphatic carbocycles. The molecule has 0 aromatic heterocycles. The summed E-state index contributed by atoms with van der Waals surface area (Å²) in [5.41, 5.74) is 0. The first-order valence-electron chi connectivity index (χ1n) is 5.45. The molecule has 0 saturated carbocycles. The first-order chi connectivity index (χ1) is 6.81. The highest BCUT2D eigenvalue weighted by Crippen LogP contribution is 2.30. The van der Waals surface area contributed by atoms with Gasteiger partial charge in [-0.05, 0) is 0 Å². The summed E-state index contributed by atoms with van der Waals surface area (Å²) in [6.45, 7) is 9.50. The zero-order valence-corrected chi connectivity index (χ0v) is 8.43. The third-order valence-electron chi connectivity index (χ3n) is 3.69. The summed E-state index contributed by atoms with van der Waals surface area (Å²) in [6, 6.07) is 0. The predicted octanol–water partition coefficient (Wildman–Crippen LogP) is -1.11. The Labute approximate surface area is 84.0 Å². The van der Waals surface area contributed by atoms with E-state index in [1.807, 2.05) is 0 Å². The van der Waals surface area contributed by atoms with Crippen LogP contribution in [-0.4, -0.2) is 78.5 Å². The summed E-state index contributed by atoms with van der Waals surface area (Å²) in [5, 5.41) is 0. The third kappa shape index (κ3) is 1.14. The molecule has 0 spiro atoms. The monoisotopic (exact) mass is 197 g/mol. The number of epoxide rings is 1. The molecule has 0 aromatic carbocycles. The molecule has 5 heteroatoms. The van der Waals surface area contributed by atoms with Crippen molar-refractivity contribution in [3.63, 3.8) is 0 Å². The van der Waals surface area contributed by atoms with E-state index in [4.69, 9.17) is 4.74 Å². The van der Waals surface area contributed by atoms with Crippen molar-refractivity contribution in [1.82, 2.24) is 14.7 Å². The first-order valence-corrected chi connectivity index (χ1v) is 5.45. The second kappa shape index (κ2) is 2.48. The summed E-state index contributed by atoms with van der Waals surface area (Å²) in [4.78, 5) is 7.66. The Bertz CT molecular complexity index is 224. The van der Waals surface area contributed by atoms with Crippen LogP contribution in [0.4, 0.5) is 0 Å². The molecule has 5 aliphatic rings. The zero-order valence-electron chi connectivity index (χ0n) is 8.43. The van der Waals surface area contributed by atoms with Crippen molar-refractivity contribution in [2.45, 2.75) is 6.10 Å². The van der Waals surface area contributed by atoms with Crippen LogP contribution in [-0.2, 0) is 4.74 Å². The Morgan fingerprint density at radius 3 is 1.93 bits per heavy atom. The fraction of sp³-hybridized carbons (Fsp3) is 1.00. The van der Waals surface area contributed by atoms with E-state index < -0.39 is 0 Å². The zero-order chi connectivity index (χ0) is 9.17. The Hall–Kier alpha value is -0.200. The maximum absolute atomic E-state index is 5.38. The minimum Gasteiger partial charge on any atom is -0.367 e. The maximum Gasteiger partial charge on any atom is 0.139 e. The molecule has 0 unspecified atom stereocenters. The molecule has 0 radical (unpaired) electrons.